The number of ether oxygens (including phenoxy) is 3. The van der Waals surface area contributed by atoms with Crippen molar-refractivity contribution in [1.29, 1.82) is 0 Å². The molecule has 0 amide bonds. The van der Waals surface area contributed by atoms with Crippen molar-refractivity contribution in [3.05, 3.63) is 65.5 Å². The summed E-state index contributed by atoms with van der Waals surface area (Å²) in [6, 6.07) is 10.8. The lowest BCUT2D eigenvalue weighted by molar-refractivity contribution is -0.136. The third kappa shape index (κ3) is 4.23. The second kappa shape index (κ2) is 7.61. The minimum absolute atomic E-state index is 0.105. The Labute approximate surface area is 143 Å². The van der Waals surface area contributed by atoms with Crippen molar-refractivity contribution >= 4 is 17.8 Å². The average molecular weight is 342 g/mol. The Morgan fingerprint density at radius 2 is 1.84 bits per heavy atom. The standard InChI is InChI=1S/C19H15FO5/c20-15-4-2-1-3-14(15)16(21)12-25-19(22)8-6-13-5-7-17-18(11-13)24-10-9-23-17/h1-8,11H,9-10,12H2/b8-6+. The van der Waals surface area contributed by atoms with Crippen molar-refractivity contribution in [2.45, 2.75) is 0 Å². The number of carbonyl (C=O) groups is 2. The Morgan fingerprint density at radius 1 is 1.08 bits per heavy atom. The van der Waals surface area contributed by atoms with E-state index in [2.05, 4.69) is 0 Å². The Hall–Kier alpha value is -3.15. The van der Waals surface area contributed by atoms with Gasteiger partial charge >= 0.3 is 5.97 Å². The van der Waals surface area contributed by atoms with Crippen molar-refractivity contribution in [1.82, 2.24) is 0 Å². The second-order valence-corrected chi connectivity index (χ2v) is 5.25. The molecule has 0 spiro atoms. The molecule has 2 aromatic carbocycles. The van der Waals surface area contributed by atoms with E-state index in [1.54, 1.807) is 24.3 Å². The summed E-state index contributed by atoms with van der Waals surface area (Å²) >= 11 is 0. The van der Waals surface area contributed by atoms with Gasteiger partial charge in [-0.3, -0.25) is 4.79 Å². The number of fused-ring (bicyclic) bond motifs is 1. The summed E-state index contributed by atoms with van der Waals surface area (Å²) in [6.07, 6.45) is 2.73. The summed E-state index contributed by atoms with van der Waals surface area (Å²) in [6.45, 7) is 0.455. The van der Waals surface area contributed by atoms with Crippen LogP contribution in [-0.4, -0.2) is 31.6 Å². The fourth-order valence-corrected chi connectivity index (χ4v) is 2.28. The molecule has 1 heterocycles. The zero-order valence-corrected chi connectivity index (χ0v) is 13.2. The summed E-state index contributed by atoms with van der Waals surface area (Å²) in [5.41, 5.74) is 0.618. The van der Waals surface area contributed by atoms with Gasteiger partial charge in [0.1, 0.15) is 19.0 Å². The van der Waals surface area contributed by atoms with Gasteiger partial charge < -0.3 is 14.2 Å². The number of hydrogen-bond acceptors (Lipinski definition) is 5. The van der Waals surface area contributed by atoms with Crippen LogP contribution in [0.25, 0.3) is 6.08 Å². The van der Waals surface area contributed by atoms with Gasteiger partial charge in [0.25, 0.3) is 0 Å². The molecule has 0 radical (unpaired) electrons. The largest absolute Gasteiger partial charge is 0.486 e. The van der Waals surface area contributed by atoms with Crippen LogP contribution in [0.1, 0.15) is 15.9 Å². The molecule has 0 atom stereocenters. The van der Waals surface area contributed by atoms with Gasteiger partial charge in [0, 0.05) is 6.08 Å². The third-order valence-corrected chi connectivity index (χ3v) is 3.50. The van der Waals surface area contributed by atoms with Crippen LogP contribution in [-0.2, 0) is 9.53 Å². The van der Waals surface area contributed by atoms with E-state index in [1.165, 1.54) is 30.4 Å². The molecular formula is C19H15FO5. The molecule has 0 aromatic heterocycles. The maximum absolute atomic E-state index is 13.5. The second-order valence-electron chi connectivity index (χ2n) is 5.25. The van der Waals surface area contributed by atoms with Crippen LogP contribution in [0.2, 0.25) is 0 Å². The molecule has 0 saturated carbocycles. The smallest absolute Gasteiger partial charge is 0.331 e. The number of hydrogen-bond donors (Lipinski definition) is 0. The van der Waals surface area contributed by atoms with Crippen molar-refractivity contribution in [2.75, 3.05) is 19.8 Å². The first-order valence-corrected chi connectivity index (χ1v) is 7.66. The highest BCUT2D eigenvalue weighted by Crippen LogP contribution is 2.31. The monoisotopic (exact) mass is 342 g/mol. The van der Waals surface area contributed by atoms with E-state index >= 15 is 0 Å². The van der Waals surface area contributed by atoms with Crippen LogP contribution in [0.5, 0.6) is 11.5 Å². The molecule has 3 rings (SSSR count). The third-order valence-electron chi connectivity index (χ3n) is 3.50. The molecular weight excluding hydrogens is 327 g/mol. The molecule has 5 nitrogen and oxygen atoms in total. The zero-order valence-electron chi connectivity index (χ0n) is 13.2. The van der Waals surface area contributed by atoms with Gasteiger partial charge in [0.15, 0.2) is 18.1 Å². The van der Waals surface area contributed by atoms with E-state index in [9.17, 15) is 14.0 Å². The summed E-state index contributed by atoms with van der Waals surface area (Å²) in [5, 5.41) is 0. The van der Waals surface area contributed by atoms with Gasteiger partial charge in [0.05, 0.1) is 5.56 Å². The minimum atomic E-state index is -0.695. The van der Waals surface area contributed by atoms with E-state index in [1.807, 2.05) is 0 Å². The van der Waals surface area contributed by atoms with Crippen molar-refractivity contribution in [3.63, 3.8) is 0 Å². The zero-order chi connectivity index (χ0) is 17.6. The number of esters is 1. The molecule has 2 aromatic rings. The number of carbonyl (C=O) groups excluding carboxylic acids is 2. The van der Waals surface area contributed by atoms with Gasteiger partial charge in [-0.2, -0.15) is 0 Å². The van der Waals surface area contributed by atoms with Gasteiger partial charge in [0.2, 0.25) is 5.78 Å². The first kappa shape index (κ1) is 16.7. The molecule has 1 aliphatic heterocycles. The molecule has 0 N–H and O–H groups in total. The normalized spacial score (nSPS) is 12.8. The molecule has 1 aliphatic rings. The predicted octanol–water partition coefficient (Wildman–Crippen LogP) is 3.04. The van der Waals surface area contributed by atoms with E-state index in [0.717, 1.165) is 5.56 Å². The molecule has 128 valence electrons. The quantitative estimate of drug-likeness (QED) is 0.475. The van der Waals surface area contributed by atoms with Gasteiger partial charge in [-0.1, -0.05) is 18.2 Å². The Kier molecular flexibility index (Phi) is 5.09. The molecule has 0 unspecified atom stereocenters. The highest BCUT2D eigenvalue weighted by molar-refractivity contribution is 5.99. The Bertz CT molecular complexity index is 828. The number of Topliss-reactive ketones (excluding diaryl/α,β-unsaturated/α-hetero) is 1. The van der Waals surface area contributed by atoms with Gasteiger partial charge in [-0.05, 0) is 35.9 Å². The summed E-state index contributed by atoms with van der Waals surface area (Å²) in [5.74, 6) is -0.674. The molecule has 0 aliphatic carbocycles. The molecule has 0 saturated heterocycles. The fourth-order valence-electron chi connectivity index (χ4n) is 2.28. The molecule has 0 bridgehead atoms. The number of ketones is 1. The summed E-state index contributed by atoms with van der Waals surface area (Å²) in [4.78, 5) is 23.5. The highest BCUT2D eigenvalue weighted by atomic mass is 19.1. The number of halogens is 1. The number of benzene rings is 2. The van der Waals surface area contributed by atoms with Gasteiger partial charge in [-0.25, -0.2) is 9.18 Å². The highest BCUT2D eigenvalue weighted by Gasteiger charge is 2.13. The van der Waals surface area contributed by atoms with E-state index in [0.29, 0.717) is 24.7 Å². The maximum Gasteiger partial charge on any atom is 0.331 e. The lowest BCUT2D eigenvalue weighted by atomic mass is 10.1. The van der Waals surface area contributed by atoms with E-state index < -0.39 is 24.2 Å². The van der Waals surface area contributed by atoms with E-state index in [-0.39, 0.29) is 5.56 Å². The van der Waals surface area contributed by atoms with Crippen LogP contribution >= 0.6 is 0 Å². The summed E-state index contributed by atoms with van der Waals surface area (Å²) in [7, 11) is 0. The SMILES string of the molecule is O=C(/C=C/c1ccc2c(c1)OCCO2)OCC(=O)c1ccccc1F. The number of rotatable bonds is 5. The van der Waals surface area contributed by atoms with Crippen molar-refractivity contribution in [3.8, 4) is 11.5 Å². The lowest BCUT2D eigenvalue weighted by Crippen LogP contribution is -2.15. The maximum atomic E-state index is 13.5. The first-order chi connectivity index (χ1) is 12.1. The topological polar surface area (TPSA) is 61.8 Å². The van der Waals surface area contributed by atoms with Crippen LogP contribution in [0.15, 0.2) is 48.5 Å². The average Bonchev–Trinajstić information content (AvgIpc) is 2.64. The van der Waals surface area contributed by atoms with Gasteiger partial charge in [-0.15, -0.1) is 0 Å². The van der Waals surface area contributed by atoms with Crippen LogP contribution in [0.3, 0.4) is 0 Å². The Balaban J connectivity index is 1.56. The lowest BCUT2D eigenvalue weighted by Gasteiger charge is -2.18. The van der Waals surface area contributed by atoms with Crippen molar-refractivity contribution in [2.24, 2.45) is 0 Å². The molecule has 0 fully saturated rings. The Morgan fingerprint density at radius 3 is 2.64 bits per heavy atom. The molecule has 25 heavy (non-hydrogen) atoms. The minimum Gasteiger partial charge on any atom is -0.486 e. The first-order valence-electron chi connectivity index (χ1n) is 7.66. The van der Waals surface area contributed by atoms with Crippen molar-refractivity contribution < 1.29 is 28.2 Å². The van der Waals surface area contributed by atoms with Crippen LogP contribution in [0.4, 0.5) is 4.39 Å². The predicted molar refractivity (Wildman–Crippen MR) is 88.2 cm³/mol. The fraction of sp³-hybridized carbons (Fsp3) is 0.158. The van der Waals surface area contributed by atoms with Crippen LogP contribution in [0, 0.1) is 5.82 Å². The summed E-state index contributed by atoms with van der Waals surface area (Å²) < 4.78 is 29.2. The van der Waals surface area contributed by atoms with E-state index in [4.69, 9.17) is 14.2 Å². The van der Waals surface area contributed by atoms with Crippen LogP contribution < -0.4 is 9.47 Å². The molecule has 6 heteroatoms.